The lowest BCUT2D eigenvalue weighted by Gasteiger charge is -2.36. The highest BCUT2D eigenvalue weighted by Gasteiger charge is 2.23. The second-order valence-corrected chi connectivity index (χ2v) is 5.30. The van der Waals surface area contributed by atoms with Gasteiger partial charge in [-0.15, -0.1) is 0 Å². The smallest absolute Gasteiger partial charge is 0.234 e. The third kappa shape index (κ3) is 4.07. The molecule has 1 atom stereocenters. The maximum absolute atomic E-state index is 5.59. The number of rotatable bonds is 7. The molecule has 0 bridgehead atoms. The standard InChI is InChI=1S/C15H26N4O/c1-3-10-20-15-12-17-11-14(18-15)19-9-5-4-6-13(19)7-8-16-2/h11-13,16H,3-10H2,1-2H3. The first-order valence-electron chi connectivity index (χ1n) is 7.71. The van der Waals surface area contributed by atoms with Crippen LogP contribution in [0, 0.1) is 0 Å². The molecule has 1 aromatic heterocycles. The number of ether oxygens (including phenoxy) is 1. The van der Waals surface area contributed by atoms with Crippen LogP contribution in [0.25, 0.3) is 0 Å². The van der Waals surface area contributed by atoms with Gasteiger partial charge in [0.05, 0.1) is 19.0 Å². The zero-order chi connectivity index (χ0) is 14.2. The van der Waals surface area contributed by atoms with Gasteiger partial charge in [-0.25, -0.2) is 0 Å². The lowest BCUT2D eigenvalue weighted by Crippen LogP contribution is -2.41. The number of nitrogens with zero attached hydrogens (tertiary/aromatic N) is 3. The molecule has 1 N–H and O–H groups in total. The van der Waals surface area contributed by atoms with E-state index < -0.39 is 0 Å². The first-order chi connectivity index (χ1) is 9.85. The van der Waals surface area contributed by atoms with Crippen molar-refractivity contribution in [2.75, 3.05) is 31.6 Å². The van der Waals surface area contributed by atoms with Gasteiger partial charge in [-0.3, -0.25) is 4.98 Å². The van der Waals surface area contributed by atoms with Crippen molar-refractivity contribution in [2.24, 2.45) is 0 Å². The van der Waals surface area contributed by atoms with Gasteiger partial charge in [-0.05, 0) is 45.7 Å². The minimum atomic E-state index is 0.562. The van der Waals surface area contributed by atoms with Crippen LogP contribution in [0.3, 0.4) is 0 Å². The molecule has 20 heavy (non-hydrogen) atoms. The predicted molar refractivity (Wildman–Crippen MR) is 81.3 cm³/mol. The van der Waals surface area contributed by atoms with Crippen LogP contribution in [0.15, 0.2) is 12.4 Å². The number of piperidine rings is 1. The van der Waals surface area contributed by atoms with Crippen LogP contribution < -0.4 is 15.0 Å². The Bertz CT molecular complexity index is 399. The van der Waals surface area contributed by atoms with E-state index in [0.29, 0.717) is 18.5 Å². The third-order valence-electron chi connectivity index (χ3n) is 3.70. The largest absolute Gasteiger partial charge is 0.477 e. The van der Waals surface area contributed by atoms with Gasteiger partial charge in [-0.1, -0.05) is 6.92 Å². The Kier molecular flexibility index (Phi) is 6.05. The topological polar surface area (TPSA) is 50.3 Å². The second-order valence-electron chi connectivity index (χ2n) is 5.30. The summed E-state index contributed by atoms with van der Waals surface area (Å²) in [4.78, 5) is 11.3. The number of anilines is 1. The van der Waals surface area contributed by atoms with Gasteiger partial charge < -0.3 is 15.0 Å². The molecule has 1 aliphatic rings. The molecule has 2 rings (SSSR count). The summed E-state index contributed by atoms with van der Waals surface area (Å²) >= 11 is 0. The summed E-state index contributed by atoms with van der Waals surface area (Å²) in [6, 6.07) is 0.562. The zero-order valence-corrected chi connectivity index (χ0v) is 12.6. The Morgan fingerprint density at radius 3 is 3.10 bits per heavy atom. The molecule has 1 aliphatic heterocycles. The van der Waals surface area contributed by atoms with Crippen LogP contribution in [0.2, 0.25) is 0 Å². The van der Waals surface area contributed by atoms with Crippen LogP contribution >= 0.6 is 0 Å². The minimum Gasteiger partial charge on any atom is -0.477 e. The Morgan fingerprint density at radius 1 is 1.40 bits per heavy atom. The highest BCUT2D eigenvalue weighted by Crippen LogP contribution is 2.25. The molecule has 0 radical (unpaired) electrons. The fourth-order valence-electron chi connectivity index (χ4n) is 2.67. The van der Waals surface area contributed by atoms with Crippen LogP contribution in [0.4, 0.5) is 5.82 Å². The van der Waals surface area contributed by atoms with Gasteiger partial charge in [0.15, 0.2) is 5.82 Å². The molecule has 5 heteroatoms. The van der Waals surface area contributed by atoms with Gasteiger partial charge in [0.1, 0.15) is 0 Å². The average Bonchev–Trinajstić information content (AvgIpc) is 2.51. The highest BCUT2D eigenvalue weighted by atomic mass is 16.5. The van der Waals surface area contributed by atoms with E-state index in [-0.39, 0.29) is 0 Å². The molecule has 112 valence electrons. The molecule has 0 aromatic carbocycles. The number of aromatic nitrogens is 2. The predicted octanol–water partition coefficient (Wildman–Crippen LogP) is 2.23. The van der Waals surface area contributed by atoms with Crippen LogP contribution in [-0.2, 0) is 0 Å². The lowest BCUT2D eigenvalue weighted by atomic mass is 9.99. The number of nitrogens with one attached hydrogen (secondary N) is 1. The molecular formula is C15H26N4O. The van der Waals surface area contributed by atoms with Crippen molar-refractivity contribution in [3.63, 3.8) is 0 Å². The molecule has 5 nitrogen and oxygen atoms in total. The van der Waals surface area contributed by atoms with E-state index in [1.165, 1.54) is 19.3 Å². The lowest BCUT2D eigenvalue weighted by molar-refractivity contribution is 0.303. The molecule has 1 aromatic rings. The minimum absolute atomic E-state index is 0.562. The Morgan fingerprint density at radius 2 is 2.30 bits per heavy atom. The summed E-state index contributed by atoms with van der Waals surface area (Å²) in [5.41, 5.74) is 0. The van der Waals surface area contributed by atoms with Gasteiger partial charge in [0, 0.05) is 12.6 Å². The van der Waals surface area contributed by atoms with Crippen molar-refractivity contribution in [2.45, 2.75) is 45.1 Å². The van der Waals surface area contributed by atoms with E-state index in [9.17, 15) is 0 Å². The van der Waals surface area contributed by atoms with Gasteiger partial charge in [-0.2, -0.15) is 4.98 Å². The molecule has 2 heterocycles. The molecule has 1 fully saturated rings. The van der Waals surface area contributed by atoms with Crippen molar-refractivity contribution in [3.8, 4) is 5.88 Å². The monoisotopic (exact) mass is 278 g/mol. The molecule has 0 spiro atoms. The van der Waals surface area contributed by atoms with Crippen molar-refractivity contribution >= 4 is 5.82 Å². The van der Waals surface area contributed by atoms with Crippen molar-refractivity contribution in [1.82, 2.24) is 15.3 Å². The third-order valence-corrected chi connectivity index (χ3v) is 3.70. The van der Waals surface area contributed by atoms with Gasteiger partial charge >= 0.3 is 0 Å². The molecular weight excluding hydrogens is 252 g/mol. The zero-order valence-electron chi connectivity index (χ0n) is 12.6. The Hall–Kier alpha value is -1.36. The number of hydrogen-bond acceptors (Lipinski definition) is 5. The summed E-state index contributed by atoms with van der Waals surface area (Å²) in [5.74, 6) is 1.60. The van der Waals surface area contributed by atoms with Gasteiger partial charge in [0.2, 0.25) is 5.88 Å². The molecule has 0 aliphatic carbocycles. The maximum atomic E-state index is 5.59. The van der Waals surface area contributed by atoms with E-state index in [0.717, 1.165) is 31.7 Å². The highest BCUT2D eigenvalue weighted by molar-refractivity contribution is 5.39. The van der Waals surface area contributed by atoms with E-state index in [2.05, 4.69) is 27.1 Å². The summed E-state index contributed by atoms with van der Waals surface area (Å²) < 4.78 is 5.59. The first kappa shape index (κ1) is 15.0. The molecule has 0 saturated carbocycles. The molecule has 0 amide bonds. The fraction of sp³-hybridized carbons (Fsp3) is 0.733. The van der Waals surface area contributed by atoms with E-state index in [1.807, 2.05) is 13.2 Å². The second kappa shape index (κ2) is 8.04. The van der Waals surface area contributed by atoms with Crippen molar-refractivity contribution in [1.29, 1.82) is 0 Å². The van der Waals surface area contributed by atoms with Crippen LogP contribution in [0.1, 0.15) is 39.0 Å². The van der Waals surface area contributed by atoms with Crippen LogP contribution in [-0.4, -0.2) is 42.8 Å². The van der Waals surface area contributed by atoms with Crippen LogP contribution in [0.5, 0.6) is 5.88 Å². The normalized spacial score (nSPS) is 19.1. The quantitative estimate of drug-likeness (QED) is 0.829. The van der Waals surface area contributed by atoms with Crippen molar-refractivity contribution in [3.05, 3.63) is 12.4 Å². The first-order valence-corrected chi connectivity index (χ1v) is 7.71. The Balaban J connectivity index is 2.06. The van der Waals surface area contributed by atoms with E-state index >= 15 is 0 Å². The van der Waals surface area contributed by atoms with E-state index in [1.54, 1.807) is 6.20 Å². The maximum Gasteiger partial charge on any atom is 0.234 e. The van der Waals surface area contributed by atoms with Crippen molar-refractivity contribution < 1.29 is 4.74 Å². The fourth-order valence-corrected chi connectivity index (χ4v) is 2.67. The average molecular weight is 278 g/mol. The summed E-state index contributed by atoms with van der Waals surface area (Å²) in [6.45, 7) is 4.90. The summed E-state index contributed by atoms with van der Waals surface area (Å²) in [5, 5.41) is 3.24. The van der Waals surface area contributed by atoms with E-state index in [4.69, 9.17) is 4.74 Å². The molecule has 1 saturated heterocycles. The summed E-state index contributed by atoms with van der Waals surface area (Å²) in [6.07, 6.45) is 9.48. The summed E-state index contributed by atoms with van der Waals surface area (Å²) in [7, 11) is 2.01. The SMILES string of the molecule is CCCOc1cncc(N2CCCCC2CCNC)n1. The number of hydrogen-bond donors (Lipinski definition) is 1. The molecule has 1 unspecified atom stereocenters. The van der Waals surface area contributed by atoms with Gasteiger partial charge in [0.25, 0.3) is 0 Å². The Labute approximate surface area is 121 Å².